The van der Waals surface area contributed by atoms with Gasteiger partial charge in [-0.15, -0.1) is 0 Å². The minimum atomic E-state index is -2.85. The number of hydrogen-bond acceptors (Lipinski definition) is 3. The van der Waals surface area contributed by atoms with Gasteiger partial charge in [-0.2, -0.15) is 0 Å². The molecule has 0 amide bonds. The van der Waals surface area contributed by atoms with Crippen molar-refractivity contribution >= 4 is 27.2 Å². The van der Waals surface area contributed by atoms with Gasteiger partial charge in [0.1, 0.15) is 0 Å². The van der Waals surface area contributed by atoms with Crippen molar-refractivity contribution in [2.24, 2.45) is 5.92 Å². The highest BCUT2D eigenvalue weighted by Gasteiger charge is 2.34. The maximum Gasteiger partial charge on any atom is 0.169 e. The highest BCUT2D eigenvalue weighted by molar-refractivity contribution is 7.91. The summed E-state index contributed by atoms with van der Waals surface area (Å²) in [4.78, 5) is 2.10. The number of rotatable bonds is 4. The molecule has 0 unspecified atom stereocenters. The van der Waals surface area contributed by atoms with Crippen molar-refractivity contribution < 1.29 is 8.42 Å². The molecule has 2 rings (SSSR count). The number of sulfone groups is 1. The summed E-state index contributed by atoms with van der Waals surface area (Å²) in [5, 5.41) is 4.07. The minimum Gasteiger partial charge on any atom is -0.360 e. The maximum atomic E-state index is 11.6. The molecule has 0 aromatic carbocycles. The molecule has 1 N–H and O–H groups in total. The molecule has 1 aliphatic heterocycles. The molecule has 1 aliphatic carbocycles. The summed E-state index contributed by atoms with van der Waals surface area (Å²) in [6.07, 6.45) is 3.07. The molecule has 1 saturated heterocycles. The van der Waals surface area contributed by atoms with Gasteiger partial charge in [0, 0.05) is 18.6 Å². The van der Waals surface area contributed by atoms with Crippen molar-refractivity contribution in [2.45, 2.75) is 45.2 Å². The number of hydrogen-bond donors (Lipinski definition) is 1. The van der Waals surface area contributed by atoms with Crippen LogP contribution in [-0.2, 0) is 9.84 Å². The van der Waals surface area contributed by atoms with E-state index in [-0.39, 0.29) is 11.8 Å². The predicted molar refractivity (Wildman–Crippen MR) is 77.4 cm³/mol. The van der Waals surface area contributed by atoms with Crippen molar-refractivity contribution in [2.75, 3.05) is 18.1 Å². The first-order valence-corrected chi connectivity index (χ1v) is 8.88. The highest BCUT2D eigenvalue weighted by Crippen LogP contribution is 2.22. The summed E-state index contributed by atoms with van der Waals surface area (Å²) in [6, 6.07) is 0.585. The Hall–Kier alpha value is -0.360. The second-order valence-corrected chi connectivity index (χ2v) is 8.44. The molecule has 2 fully saturated rings. The molecular weight excluding hydrogens is 268 g/mol. The molecule has 104 valence electrons. The fourth-order valence-electron chi connectivity index (χ4n) is 2.30. The molecular formula is C12H22N2O2S2. The third-order valence-corrected chi connectivity index (χ3v) is 5.48. The molecule has 6 heteroatoms. The van der Waals surface area contributed by atoms with E-state index < -0.39 is 9.84 Å². The van der Waals surface area contributed by atoms with Crippen LogP contribution in [0.3, 0.4) is 0 Å². The summed E-state index contributed by atoms with van der Waals surface area (Å²) in [5.74, 6) is 1.04. The number of thiocarbonyl (C=S) groups is 1. The molecule has 0 aromatic heterocycles. The molecule has 1 heterocycles. The summed E-state index contributed by atoms with van der Waals surface area (Å²) in [6.45, 7) is 5.10. The standard InChI is InChI=1S/C12H22N2O2S2/c1-9(2)7-14(12(17)13-10-3-4-10)11-5-6-18(15,16)8-11/h9-11H,3-8H2,1-2H3,(H,13,17)/t11-/m1/s1. The van der Waals surface area contributed by atoms with Crippen molar-refractivity contribution in [3.63, 3.8) is 0 Å². The third-order valence-electron chi connectivity index (χ3n) is 3.38. The van der Waals surface area contributed by atoms with E-state index in [2.05, 4.69) is 24.1 Å². The van der Waals surface area contributed by atoms with Gasteiger partial charge in [0.15, 0.2) is 14.9 Å². The Morgan fingerprint density at radius 2 is 2.06 bits per heavy atom. The lowest BCUT2D eigenvalue weighted by Gasteiger charge is -2.32. The molecule has 2 aliphatic rings. The molecule has 0 aromatic rings. The van der Waals surface area contributed by atoms with E-state index in [1.54, 1.807) is 0 Å². The maximum absolute atomic E-state index is 11.6. The van der Waals surface area contributed by atoms with E-state index >= 15 is 0 Å². The zero-order chi connectivity index (χ0) is 13.3. The van der Waals surface area contributed by atoms with Crippen LogP contribution >= 0.6 is 12.2 Å². The fraction of sp³-hybridized carbons (Fsp3) is 0.917. The zero-order valence-electron chi connectivity index (χ0n) is 11.1. The Bertz CT molecular complexity index is 416. The van der Waals surface area contributed by atoms with Gasteiger partial charge in [-0.1, -0.05) is 13.8 Å². The largest absolute Gasteiger partial charge is 0.360 e. The van der Waals surface area contributed by atoms with Gasteiger partial charge in [0.25, 0.3) is 0 Å². The van der Waals surface area contributed by atoms with Crippen LogP contribution in [0.5, 0.6) is 0 Å². The van der Waals surface area contributed by atoms with Gasteiger partial charge in [-0.25, -0.2) is 8.42 Å². The van der Waals surface area contributed by atoms with Crippen LogP contribution in [0.1, 0.15) is 33.1 Å². The van der Waals surface area contributed by atoms with Gasteiger partial charge in [-0.3, -0.25) is 0 Å². The van der Waals surface area contributed by atoms with Crippen molar-refractivity contribution in [1.29, 1.82) is 0 Å². The van der Waals surface area contributed by atoms with E-state index in [9.17, 15) is 8.42 Å². The Labute approximate surface area is 115 Å². The predicted octanol–water partition coefficient (Wildman–Crippen LogP) is 1.17. The number of nitrogens with zero attached hydrogens (tertiary/aromatic N) is 1. The Balaban J connectivity index is 2.01. The Kier molecular flexibility index (Phi) is 4.16. The van der Waals surface area contributed by atoms with Crippen LogP contribution in [-0.4, -0.2) is 48.6 Å². The van der Waals surface area contributed by atoms with Crippen LogP contribution in [0.4, 0.5) is 0 Å². The lowest BCUT2D eigenvalue weighted by Crippen LogP contribution is -2.48. The lowest BCUT2D eigenvalue weighted by molar-refractivity contribution is 0.295. The van der Waals surface area contributed by atoms with Gasteiger partial charge in [0.2, 0.25) is 0 Å². The summed E-state index contributed by atoms with van der Waals surface area (Å²) >= 11 is 5.44. The summed E-state index contributed by atoms with van der Waals surface area (Å²) in [5.41, 5.74) is 0. The molecule has 4 nitrogen and oxygen atoms in total. The SMILES string of the molecule is CC(C)CN(C(=S)NC1CC1)[C@@H]1CCS(=O)(=O)C1. The third kappa shape index (κ3) is 3.82. The lowest BCUT2D eigenvalue weighted by atomic mass is 10.1. The normalized spacial score (nSPS) is 26.3. The fourth-order valence-corrected chi connectivity index (χ4v) is 4.42. The summed E-state index contributed by atoms with van der Waals surface area (Å²) < 4.78 is 23.2. The smallest absolute Gasteiger partial charge is 0.169 e. The van der Waals surface area contributed by atoms with E-state index in [4.69, 9.17) is 12.2 Å². The van der Waals surface area contributed by atoms with E-state index in [1.807, 2.05) is 0 Å². The molecule has 18 heavy (non-hydrogen) atoms. The van der Waals surface area contributed by atoms with Gasteiger partial charge >= 0.3 is 0 Å². The van der Waals surface area contributed by atoms with Crippen LogP contribution in [0.25, 0.3) is 0 Å². The first kappa shape index (κ1) is 14.1. The molecule has 0 bridgehead atoms. The van der Waals surface area contributed by atoms with Crippen molar-refractivity contribution in [3.8, 4) is 0 Å². The van der Waals surface area contributed by atoms with Crippen LogP contribution in [0.2, 0.25) is 0 Å². The van der Waals surface area contributed by atoms with Crippen molar-refractivity contribution in [1.82, 2.24) is 10.2 Å². The van der Waals surface area contributed by atoms with Crippen LogP contribution < -0.4 is 5.32 Å². The van der Waals surface area contributed by atoms with E-state index in [0.717, 1.165) is 11.7 Å². The van der Waals surface area contributed by atoms with Crippen molar-refractivity contribution in [3.05, 3.63) is 0 Å². The Morgan fingerprint density at radius 1 is 1.39 bits per heavy atom. The van der Waals surface area contributed by atoms with Crippen LogP contribution in [0.15, 0.2) is 0 Å². The zero-order valence-corrected chi connectivity index (χ0v) is 12.7. The second-order valence-electron chi connectivity index (χ2n) is 5.83. The molecule has 1 atom stereocenters. The molecule has 1 saturated carbocycles. The number of nitrogens with one attached hydrogen (secondary N) is 1. The van der Waals surface area contributed by atoms with E-state index in [1.165, 1.54) is 12.8 Å². The molecule has 0 radical (unpaired) electrons. The average molecular weight is 290 g/mol. The van der Waals surface area contributed by atoms with Gasteiger partial charge < -0.3 is 10.2 Å². The molecule has 0 spiro atoms. The van der Waals surface area contributed by atoms with Gasteiger partial charge in [0.05, 0.1) is 11.5 Å². The topological polar surface area (TPSA) is 49.4 Å². The van der Waals surface area contributed by atoms with E-state index in [0.29, 0.717) is 24.1 Å². The second kappa shape index (κ2) is 5.33. The highest BCUT2D eigenvalue weighted by atomic mass is 32.2. The monoisotopic (exact) mass is 290 g/mol. The summed E-state index contributed by atoms with van der Waals surface area (Å²) in [7, 11) is -2.85. The quantitative estimate of drug-likeness (QED) is 0.788. The average Bonchev–Trinajstić information content (AvgIpc) is 2.98. The van der Waals surface area contributed by atoms with Crippen LogP contribution in [0, 0.1) is 5.92 Å². The first-order valence-electron chi connectivity index (χ1n) is 6.65. The van der Waals surface area contributed by atoms with Gasteiger partial charge in [-0.05, 0) is 37.4 Å². The minimum absolute atomic E-state index is 0.0659. The first-order chi connectivity index (χ1) is 8.37. The Morgan fingerprint density at radius 3 is 2.50 bits per heavy atom.